The Balaban J connectivity index is 2.24. The molecule has 2 nitrogen and oxygen atoms in total. The van der Waals surface area contributed by atoms with Crippen LogP contribution in [0.4, 0.5) is 0 Å². The van der Waals surface area contributed by atoms with Gasteiger partial charge in [-0.25, -0.2) is 4.79 Å². The van der Waals surface area contributed by atoms with Gasteiger partial charge in [0.15, 0.2) is 0 Å². The van der Waals surface area contributed by atoms with Crippen LogP contribution >= 0.6 is 0 Å². The number of rotatable bonds is 4. The highest BCUT2D eigenvalue weighted by molar-refractivity contribution is 6.15. The molecular weight excluding hydrogens is 236 g/mol. The molecule has 0 aliphatic heterocycles. The molecule has 0 atom stereocenters. The number of aliphatic carboxylic acids is 1. The summed E-state index contributed by atoms with van der Waals surface area (Å²) in [7, 11) is 0. The highest BCUT2D eigenvalue weighted by atomic mass is 16.4. The Kier molecular flexibility index (Phi) is 4.29. The molecule has 0 aliphatic carbocycles. The standard InChI is InChI=1S/C17H14O2/c18-17(19)16(15-11-5-2-6-12-15)13-7-10-14-8-3-1-4-9-14/h1-13H,(H,18,19)/b10-7+,16-13-. The van der Waals surface area contributed by atoms with E-state index >= 15 is 0 Å². The van der Waals surface area contributed by atoms with E-state index in [1.165, 1.54) is 0 Å². The second-order valence-electron chi connectivity index (χ2n) is 4.02. The molecule has 2 rings (SSSR count). The Morgan fingerprint density at radius 3 is 2.05 bits per heavy atom. The molecule has 0 heterocycles. The number of carboxylic acid groups (broad SMARTS) is 1. The van der Waals surface area contributed by atoms with Crippen molar-refractivity contribution in [2.24, 2.45) is 0 Å². The molecule has 0 aromatic heterocycles. The quantitative estimate of drug-likeness (QED) is 0.660. The lowest BCUT2D eigenvalue weighted by molar-refractivity contribution is -0.130. The van der Waals surface area contributed by atoms with Crippen LogP contribution in [0.15, 0.2) is 72.8 Å². The summed E-state index contributed by atoms with van der Waals surface area (Å²) >= 11 is 0. The summed E-state index contributed by atoms with van der Waals surface area (Å²) in [4.78, 5) is 11.2. The van der Waals surface area contributed by atoms with Crippen molar-refractivity contribution in [1.29, 1.82) is 0 Å². The van der Waals surface area contributed by atoms with E-state index in [1.807, 2.05) is 54.6 Å². The van der Waals surface area contributed by atoms with Crippen molar-refractivity contribution in [2.75, 3.05) is 0 Å². The zero-order valence-electron chi connectivity index (χ0n) is 10.4. The predicted molar refractivity (Wildman–Crippen MR) is 77.5 cm³/mol. The van der Waals surface area contributed by atoms with Crippen molar-refractivity contribution < 1.29 is 9.90 Å². The molecule has 0 radical (unpaired) electrons. The molecule has 0 fully saturated rings. The fourth-order valence-corrected chi connectivity index (χ4v) is 1.73. The van der Waals surface area contributed by atoms with Gasteiger partial charge in [0, 0.05) is 0 Å². The Morgan fingerprint density at radius 2 is 1.47 bits per heavy atom. The van der Waals surface area contributed by atoms with Crippen LogP contribution in [0.5, 0.6) is 0 Å². The van der Waals surface area contributed by atoms with Crippen molar-refractivity contribution in [3.05, 3.63) is 83.9 Å². The third-order valence-corrected chi connectivity index (χ3v) is 2.67. The van der Waals surface area contributed by atoms with Gasteiger partial charge in [0.25, 0.3) is 0 Å². The number of carbonyl (C=O) groups is 1. The first kappa shape index (κ1) is 12.8. The van der Waals surface area contributed by atoms with Crippen LogP contribution < -0.4 is 0 Å². The first-order valence-corrected chi connectivity index (χ1v) is 5.99. The van der Waals surface area contributed by atoms with Gasteiger partial charge in [-0.2, -0.15) is 0 Å². The SMILES string of the molecule is O=C(O)/C(=C\C=C\c1ccccc1)c1ccccc1. The normalized spacial score (nSPS) is 11.7. The molecule has 0 spiro atoms. The summed E-state index contributed by atoms with van der Waals surface area (Å²) in [6, 6.07) is 18.9. The van der Waals surface area contributed by atoms with Gasteiger partial charge >= 0.3 is 5.97 Å². The van der Waals surface area contributed by atoms with Crippen LogP contribution in [0, 0.1) is 0 Å². The fraction of sp³-hybridized carbons (Fsp3) is 0. The predicted octanol–water partition coefficient (Wildman–Crippen LogP) is 3.87. The van der Waals surface area contributed by atoms with Crippen LogP contribution in [-0.4, -0.2) is 11.1 Å². The number of hydrogen-bond acceptors (Lipinski definition) is 1. The fourth-order valence-electron chi connectivity index (χ4n) is 1.73. The smallest absolute Gasteiger partial charge is 0.336 e. The van der Waals surface area contributed by atoms with Gasteiger partial charge in [-0.3, -0.25) is 0 Å². The minimum Gasteiger partial charge on any atom is -0.478 e. The summed E-state index contributed by atoms with van der Waals surface area (Å²) in [5.74, 6) is -0.927. The van der Waals surface area contributed by atoms with Crippen LogP contribution in [0.2, 0.25) is 0 Å². The summed E-state index contributed by atoms with van der Waals surface area (Å²) in [5.41, 5.74) is 2.03. The van der Waals surface area contributed by atoms with E-state index in [0.717, 1.165) is 5.56 Å². The third kappa shape index (κ3) is 3.68. The molecular formula is C17H14O2. The van der Waals surface area contributed by atoms with E-state index in [0.29, 0.717) is 5.56 Å². The molecule has 2 aromatic rings. The minimum atomic E-state index is -0.927. The lowest BCUT2D eigenvalue weighted by Crippen LogP contribution is -1.98. The van der Waals surface area contributed by atoms with Crippen molar-refractivity contribution in [3.8, 4) is 0 Å². The summed E-state index contributed by atoms with van der Waals surface area (Å²) in [5, 5.41) is 9.22. The Bertz CT molecular complexity index is 596. The molecule has 2 aromatic carbocycles. The number of hydrogen-bond donors (Lipinski definition) is 1. The lowest BCUT2D eigenvalue weighted by atomic mass is 10.1. The zero-order valence-corrected chi connectivity index (χ0v) is 10.4. The maximum absolute atomic E-state index is 11.2. The summed E-state index contributed by atoms with van der Waals surface area (Å²) in [6.45, 7) is 0. The third-order valence-electron chi connectivity index (χ3n) is 2.67. The topological polar surface area (TPSA) is 37.3 Å². The van der Waals surface area contributed by atoms with E-state index in [4.69, 9.17) is 0 Å². The van der Waals surface area contributed by atoms with E-state index in [1.54, 1.807) is 24.3 Å². The Labute approximate surface area is 112 Å². The number of benzene rings is 2. The first-order valence-electron chi connectivity index (χ1n) is 5.99. The van der Waals surface area contributed by atoms with Crippen LogP contribution in [-0.2, 0) is 4.79 Å². The lowest BCUT2D eigenvalue weighted by Gasteiger charge is -2.00. The molecule has 0 unspecified atom stereocenters. The molecule has 0 aliphatic rings. The molecule has 2 heteroatoms. The van der Waals surface area contributed by atoms with Crippen LogP contribution in [0.25, 0.3) is 11.6 Å². The maximum atomic E-state index is 11.2. The molecule has 19 heavy (non-hydrogen) atoms. The second-order valence-corrected chi connectivity index (χ2v) is 4.02. The highest BCUT2D eigenvalue weighted by Gasteiger charge is 2.07. The van der Waals surface area contributed by atoms with Gasteiger partial charge in [-0.15, -0.1) is 0 Å². The Morgan fingerprint density at radius 1 is 0.895 bits per heavy atom. The molecule has 0 saturated carbocycles. The van der Waals surface area contributed by atoms with E-state index in [-0.39, 0.29) is 5.57 Å². The van der Waals surface area contributed by atoms with Crippen molar-refractivity contribution in [3.63, 3.8) is 0 Å². The first-order chi connectivity index (χ1) is 9.27. The van der Waals surface area contributed by atoms with Gasteiger partial charge in [-0.1, -0.05) is 72.8 Å². The van der Waals surface area contributed by atoms with Crippen molar-refractivity contribution in [1.82, 2.24) is 0 Å². The average molecular weight is 250 g/mol. The largest absolute Gasteiger partial charge is 0.478 e. The Hall–Kier alpha value is -2.61. The van der Waals surface area contributed by atoms with E-state index in [9.17, 15) is 9.90 Å². The summed E-state index contributed by atoms with van der Waals surface area (Å²) in [6.07, 6.45) is 5.25. The maximum Gasteiger partial charge on any atom is 0.336 e. The highest BCUT2D eigenvalue weighted by Crippen LogP contribution is 2.14. The van der Waals surface area contributed by atoms with E-state index < -0.39 is 5.97 Å². The van der Waals surface area contributed by atoms with E-state index in [2.05, 4.69) is 0 Å². The number of carboxylic acids is 1. The molecule has 94 valence electrons. The van der Waals surface area contributed by atoms with Gasteiger partial charge in [0.1, 0.15) is 0 Å². The van der Waals surface area contributed by atoms with Crippen molar-refractivity contribution >= 4 is 17.6 Å². The van der Waals surface area contributed by atoms with Crippen molar-refractivity contribution in [2.45, 2.75) is 0 Å². The van der Waals surface area contributed by atoms with Gasteiger partial charge < -0.3 is 5.11 Å². The van der Waals surface area contributed by atoms with Gasteiger partial charge in [-0.05, 0) is 17.2 Å². The molecule has 0 amide bonds. The minimum absolute atomic E-state index is 0.285. The molecule has 0 saturated heterocycles. The number of allylic oxidation sites excluding steroid dienone is 2. The zero-order chi connectivity index (χ0) is 13.5. The van der Waals surface area contributed by atoms with Crippen LogP contribution in [0.1, 0.15) is 11.1 Å². The van der Waals surface area contributed by atoms with Crippen LogP contribution in [0.3, 0.4) is 0 Å². The average Bonchev–Trinajstić information content (AvgIpc) is 2.45. The monoisotopic (exact) mass is 250 g/mol. The van der Waals surface area contributed by atoms with Gasteiger partial charge in [0.2, 0.25) is 0 Å². The van der Waals surface area contributed by atoms with Gasteiger partial charge in [0.05, 0.1) is 5.57 Å². The molecule has 0 bridgehead atoms. The second kappa shape index (κ2) is 6.36. The summed E-state index contributed by atoms with van der Waals surface area (Å²) < 4.78 is 0. The molecule has 1 N–H and O–H groups in total.